The lowest BCUT2D eigenvalue weighted by atomic mass is 9.69. The van der Waals surface area contributed by atoms with Crippen molar-refractivity contribution in [3.8, 4) is 5.75 Å². The van der Waals surface area contributed by atoms with E-state index in [9.17, 15) is 0 Å². The van der Waals surface area contributed by atoms with Crippen LogP contribution in [0.2, 0.25) is 0 Å². The molecule has 3 heteroatoms. The molecular weight excluding hydrogens is 334 g/mol. The Bertz CT molecular complexity index is 726. The first kappa shape index (κ1) is 20.0. The third kappa shape index (κ3) is 4.57. The zero-order valence-electron chi connectivity index (χ0n) is 17.7. The number of likely N-dealkylation sites (N-methyl/N-ethyl adjacent to an activating group) is 1. The van der Waals surface area contributed by atoms with E-state index in [-0.39, 0.29) is 5.41 Å². The number of allylic oxidation sites excluding steroid dienone is 3. The standard InChI is InChI=1S/C24H35NO2/c1-6-25(7-2)11-12-27-22-15-20-13-18-9-10-21(26-8-3)14-19(18)16-23(20)24(4,5)17-22/h9-10,14,17H,6-8,11-13,15-16H2,1-5H3. The first-order chi connectivity index (χ1) is 13.0. The lowest BCUT2D eigenvalue weighted by Gasteiger charge is -2.37. The van der Waals surface area contributed by atoms with E-state index in [2.05, 4.69) is 56.9 Å². The van der Waals surface area contributed by atoms with E-state index in [0.29, 0.717) is 0 Å². The van der Waals surface area contributed by atoms with E-state index in [1.807, 2.05) is 6.92 Å². The Morgan fingerprint density at radius 2 is 1.74 bits per heavy atom. The van der Waals surface area contributed by atoms with E-state index in [4.69, 9.17) is 9.47 Å². The van der Waals surface area contributed by atoms with Gasteiger partial charge in [0, 0.05) is 18.4 Å². The van der Waals surface area contributed by atoms with Crippen molar-refractivity contribution in [1.29, 1.82) is 0 Å². The van der Waals surface area contributed by atoms with Crippen LogP contribution in [-0.2, 0) is 17.6 Å². The average Bonchev–Trinajstić information content (AvgIpc) is 2.64. The van der Waals surface area contributed by atoms with Gasteiger partial charge in [0.2, 0.25) is 0 Å². The third-order valence-electron chi connectivity index (χ3n) is 5.96. The van der Waals surface area contributed by atoms with Crippen LogP contribution in [0.3, 0.4) is 0 Å². The predicted octanol–water partition coefficient (Wildman–Crippen LogP) is 5.15. The molecule has 2 aliphatic carbocycles. The van der Waals surface area contributed by atoms with Gasteiger partial charge in [0.25, 0.3) is 0 Å². The predicted molar refractivity (Wildman–Crippen MR) is 112 cm³/mol. The van der Waals surface area contributed by atoms with Gasteiger partial charge in [-0.15, -0.1) is 0 Å². The van der Waals surface area contributed by atoms with Crippen molar-refractivity contribution in [2.75, 3.05) is 32.8 Å². The Morgan fingerprint density at radius 3 is 2.44 bits per heavy atom. The van der Waals surface area contributed by atoms with Gasteiger partial charge in [0.15, 0.2) is 0 Å². The van der Waals surface area contributed by atoms with E-state index < -0.39 is 0 Å². The summed E-state index contributed by atoms with van der Waals surface area (Å²) in [5.41, 5.74) is 6.04. The minimum absolute atomic E-state index is 0.0530. The molecule has 0 N–H and O–H groups in total. The van der Waals surface area contributed by atoms with Crippen LogP contribution in [0.15, 0.2) is 41.2 Å². The second-order valence-electron chi connectivity index (χ2n) is 8.18. The van der Waals surface area contributed by atoms with E-state index in [1.54, 1.807) is 11.1 Å². The van der Waals surface area contributed by atoms with Gasteiger partial charge in [-0.2, -0.15) is 0 Å². The molecule has 3 nitrogen and oxygen atoms in total. The monoisotopic (exact) mass is 369 g/mol. The van der Waals surface area contributed by atoms with Crippen molar-refractivity contribution in [2.24, 2.45) is 5.41 Å². The summed E-state index contributed by atoms with van der Waals surface area (Å²) < 4.78 is 11.9. The van der Waals surface area contributed by atoms with Crippen LogP contribution in [0.25, 0.3) is 0 Å². The van der Waals surface area contributed by atoms with Crippen LogP contribution in [0.4, 0.5) is 0 Å². The molecule has 1 aromatic carbocycles. The molecule has 0 fully saturated rings. The van der Waals surface area contributed by atoms with Gasteiger partial charge < -0.3 is 14.4 Å². The normalized spacial score (nSPS) is 18.1. The topological polar surface area (TPSA) is 21.7 Å². The van der Waals surface area contributed by atoms with Gasteiger partial charge in [0.05, 0.1) is 12.4 Å². The van der Waals surface area contributed by atoms with E-state index in [0.717, 1.165) is 63.6 Å². The molecule has 0 saturated carbocycles. The fourth-order valence-electron chi connectivity index (χ4n) is 4.39. The minimum Gasteiger partial charge on any atom is -0.497 e. The Morgan fingerprint density at radius 1 is 0.963 bits per heavy atom. The fraction of sp³-hybridized carbons (Fsp3) is 0.583. The van der Waals surface area contributed by atoms with Gasteiger partial charge in [-0.3, -0.25) is 0 Å². The molecule has 1 aromatic rings. The summed E-state index contributed by atoms with van der Waals surface area (Å²) in [6.07, 6.45) is 5.38. The third-order valence-corrected chi connectivity index (χ3v) is 5.96. The van der Waals surface area contributed by atoms with Crippen molar-refractivity contribution < 1.29 is 9.47 Å². The van der Waals surface area contributed by atoms with Crippen molar-refractivity contribution in [3.63, 3.8) is 0 Å². The molecule has 0 unspecified atom stereocenters. The Hall–Kier alpha value is -1.74. The number of hydrogen-bond acceptors (Lipinski definition) is 3. The highest BCUT2D eigenvalue weighted by molar-refractivity contribution is 5.49. The highest BCUT2D eigenvalue weighted by Gasteiger charge is 2.33. The summed E-state index contributed by atoms with van der Waals surface area (Å²) in [6, 6.07) is 6.59. The number of hydrogen-bond donors (Lipinski definition) is 0. The summed E-state index contributed by atoms with van der Waals surface area (Å²) in [5, 5.41) is 0. The van der Waals surface area contributed by atoms with Crippen molar-refractivity contribution in [1.82, 2.24) is 4.90 Å². The van der Waals surface area contributed by atoms with Crippen LogP contribution < -0.4 is 4.74 Å². The van der Waals surface area contributed by atoms with Gasteiger partial charge in [-0.25, -0.2) is 0 Å². The van der Waals surface area contributed by atoms with Crippen LogP contribution in [0, 0.1) is 5.41 Å². The second-order valence-corrected chi connectivity index (χ2v) is 8.18. The number of rotatable bonds is 8. The maximum atomic E-state index is 6.21. The number of fused-ring (bicyclic) bond motifs is 1. The lowest BCUT2D eigenvalue weighted by molar-refractivity contribution is 0.155. The molecule has 27 heavy (non-hydrogen) atoms. The zero-order valence-corrected chi connectivity index (χ0v) is 17.7. The average molecular weight is 370 g/mol. The minimum atomic E-state index is 0.0530. The number of ether oxygens (including phenoxy) is 2. The van der Waals surface area contributed by atoms with Crippen molar-refractivity contribution in [3.05, 3.63) is 52.3 Å². The van der Waals surface area contributed by atoms with E-state index in [1.165, 1.54) is 11.1 Å². The quantitative estimate of drug-likeness (QED) is 0.591. The summed E-state index contributed by atoms with van der Waals surface area (Å²) >= 11 is 0. The van der Waals surface area contributed by atoms with Gasteiger partial charge in [0.1, 0.15) is 12.4 Å². The highest BCUT2D eigenvalue weighted by atomic mass is 16.5. The number of nitrogens with zero attached hydrogens (tertiary/aromatic N) is 1. The molecule has 3 rings (SSSR count). The largest absolute Gasteiger partial charge is 0.497 e. The second kappa shape index (κ2) is 8.52. The SMILES string of the molecule is CCOc1ccc2c(c1)CC1=C(CC(OCCN(CC)CC)=CC1(C)C)C2. The van der Waals surface area contributed by atoms with Crippen molar-refractivity contribution in [2.45, 2.75) is 53.9 Å². The smallest absolute Gasteiger partial charge is 0.119 e. The molecule has 0 saturated heterocycles. The zero-order chi connectivity index (χ0) is 19.4. The highest BCUT2D eigenvalue weighted by Crippen LogP contribution is 2.45. The molecule has 0 amide bonds. The molecular formula is C24H35NO2. The molecule has 0 heterocycles. The van der Waals surface area contributed by atoms with Gasteiger partial charge in [-0.05, 0) is 62.2 Å². The summed E-state index contributed by atoms with van der Waals surface area (Å²) in [5.74, 6) is 2.14. The molecule has 0 atom stereocenters. The Balaban J connectivity index is 1.70. The maximum absolute atomic E-state index is 6.21. The van der Waals surface area contributed by atoms with Crippen LogP contribution in [-0.4, -0.2) is 37.7 Å². The summed E-state index contributed by atoms with van der Waals surface area (Å²) in [7, 11) is 0. The molecule has 0 aromatic heterocycles. The Labute approximate surface area is 165 Å². The molecule has 0 radical (unpaired) electrons. The first-order valence-electron chi connectivity index (χ1n) is 10.5. The molecule has 0 spiro atoms. The molecule has 148 valence electrons. The van der Waals surface area contributed by atoms with Crippen molar-refractivity contribution >= 4 is 0 Å². The van der Waals surface area contributed by atoms with Crippen LogP contribution in [0.5, 0.6) is 5.75 Å². The lowest BCUT2D eigenvalue weighted by Crippen LogP contribution is -2.28. The Kier molecular flexibility index (Phi) is 6.31. The first-order valence-corrected chi connectivity index (χ1v) is 10.5. The van der Waals surface area contributed by atoms with Crippen LogP contribution in [0.1, 0.15) is 52.2 Å². The maximum Gasteiger partial charge on any atom is 0.119 e. The molecule has 0 aliphatic heterocycles. The van der Waals surface area contributed by atoms with E-state index >= 15 is 0 Å². The van der Waals surface area contributed by atoms with Gasteiger partial charge >= 0.3 is 0 Å². The van der Waals surface area contributed by atoms with Crippen LogP contribution >= 0.6 is 0 Å². The summed E-state index contributed by atoms with van der Waals surface area (Å²) in [6.45, 7) is 15.8. The summed E-state index contributed by atoms with van der Waals surface area (Å²) in [4.78, 5) is 2.41. The number of benzene rings is 1. The fourth-order valence-corrected chi connectivity index (χ4v) is 4.39. The molecule has 2 aliphatic rings. The molecule has 0 bridgehead atoms. The van der Waals surface area contributed by atoms with Gasteiger partial charge in [-0.1, -0.05) is 44.9 Å².